The van der Waals surface area contributed by atoms with Gasteiger partial charge in [-0.3, -0.25) is 4.79 Å². The Hall–Kier alpha value is -1.52. The van der Waals surface area contributed by atoms with Crippen molar-refractivity contribution in [1.29, 1.82) is 0 Å². The van der Waals surface area contributed by atoms with Crippen LogP contribution in [-0.2, 0) is 11.8 Å². The van der Waals surface area contributed by atoms with Crippen molar-refractivity contribution in [3.8, 4) is 0 Å². The lowest BCUT2D eigenvalue weighted by molar-refractivity contribution is 0.0930. The SMILES string of the molecule is Cn1c(C(=O)NCCCOCC2CC2)c(Cl)c2ccccc21. The third-order valence-electron chi connectivity index (χ3n) is 4.06. The van der Waals surface area contributed by atoms with Gasteiger partial charge in [-0.05, 0) is 31.2 Å². The quantitative estimate of drug-likeness (QED) is 0.795. The molecule has 0 radical (unpaired) electrons. The van der Waals surface area contributed by atoms with E-state index < -0.39 is 0 Å². The molecule has 4 nitrogen and oxygen atoms in total. The maximum Gasteiger partial charge on any atom is 0.269 e. The van der Waals surface area contributed by atoms with E-state index in [0.717, 1.165) is 29.8 Å². The van der Waals surface area contributed by atoms with Gasteiger partial charge in [0, 0.05) is 37.7 Å². The number of nitrogens with one attached hydrogen (secondary N) is 1. The van der Waals surface area contributed by atoms with Gasteiger partial charge < -0.3 is 14.6 Å². The Labute approximate surface area is 135 Å². The molecular weight excluding hydrogens is 300 g/mol. The average Bonchev–Trinajstić information content (AvgIpc) is 3.31. The van der Waals surface area contributed by atoms with Gasteiger partial charge in [-0.15, -0.1) is 0 Å². The van der Waals surface area contributed by atoms with Crippen LogP contribution < -0.4 is 5.32 Å². The molecule has 1 N–H and O–H groups in total. The molecule has 1 aliphatic carbocycles. The fourth-order valence-corrected chi connectivity index (χ4v) is 2.97. The summed E-state index contributed by atoms with van der Waals surface area (Å²) in [6.45, 7) is 2.16. The van der Waals surface area contributed by atoms with Crippen LogP contribution >= 0.6 is 11.6 Å². The van der Waals surface area contributed by atoms with Gasteiger partial charge in [0.05, 0.1) is 5.02 Å². The van der Waals surface area contributed by atoms with Crippen molar-refractivity contribution in [2.45, 2.75) is 19.3 Å². The van der Waals surface area contributed by atoms with E-state index in [9.17, 15) is 4.79 Å². The number of carbonyl (C=O) groups is 1. The Bertz CT molecular complexity index is 638. The van der Waals surface area contributed by atoms with Gasteiger partial charge in [-0.25, -0.2) is 0 Å². The van der Waals surface area contributed by atoms with Crippen molar-refractivity contribution in [3.05, 3.63) is 35.0 Å². The number of benzene rings is 1. The van der Waals surface area contributed by atoms with Crippen LogP contribution in [0.2, 0.25) is 5.02 Å². The second-order valence-electron chi connectivity index (χ2n) is 5.87. The second-order valence-corrected chi connectivity index (χ2v) is 6.24. The summed E-state index contributed by atoms with van der Waals surface area (Å²) in [5.41, 5.74) is 1.48. The predicted octanol–water partition coefficient (Wildman–Crippen LogP) is 3.38. The highest BCUT2D eigenvalue weighted by Crippen LogP contribution is 2.30. The molecule has 1 aliphatic rings. The molecule has 0 spiro atoms. The number of ether oxygens (including phenoxy) is 1. The number of amides is 1. The Morgan fingerprint density at radius 2 is 2.18 bits per heavy atom. The van der Waals surface area contributed by atoms with Crippen LogP contribution in [0.5, 0.6) is 0 Å². The first-order valence-electron chi connectivity index (χ1n) is 7.77. The number of aromatic nitrogens is 1. The zero-order valence-corrected chi connectivity index (χ0v) is 13.5. The molecule has 1 heterocycles. The number of para-hydroxylation sites is 1. The van der Waals surface area contributed by atoms with Crippen LogP contribution in [0.25, 0.3) is 10.9 Å². The Morgan fingerprint density at radius 3 is 2.91 bits per heavy atom. The number of hydrogen-bond acceptors (Lipinski definition) is 2. The summed E-state index contributed by atoms with van der Waals surface area (Å²) in [6.07, 6.45) is 3.42. The largest absolute Gasteiger partial charge is 0.381 e. The number of fused-ring (bicyclic) bond motifs is 1. The van der Waals surface area contributed by atoms with Crippen molar-refractivity contribution in [2.24, 2.45) is 13.0 Å². The third kappa shape index (κ3) is 3.28. The molecule has 0 unspecified atom stereocenters. The summed E-state index contributed by atoms with van der Waals surface area (Å²) in [6, 6.07) is 7.76. The molecule has 2 aromatic rings. The first kappa shape index (κ1) is 15.4. The maximum absolute atomic E-state index is 12.3. The minimum Gasteiger partial charge on any atom is -0.381 e. The molecule has 0 saturated heterocycles. The molecule has 1 aromatic heterocycles. The molecule has 1 fully saturated rings. The summed E-state index contributed by atoms with van der Waals surface area (Å²) < 4.78 is 7.40. The molecule has 0 bridgehead atoms. The Morgan fingerprint density at radius 1 is 1.41 bits per heavy atom. The number of aryl methyl sites for hydroxylation is 1. The number of rotatable bonds is 7. The molecule has 3 rings (SSSR count). The van der Waals surface area contributed by atoms with Gasteiger partial charge in [-0.1, -0.05) is 29.8 Å². The second kappa shape index (κ2) is 6.71. The number of carbonyl (C=O) groups excluding carboxylic acids is 1. The summed E-state index contributed by atoms with van der Waals surface area (Å²) in [7, 11) is 1.86. The fraction of sp³-hybridized carbons (Fsp3) is 0.471. The summed E-state index contributed by atoms with van der Waals surface area (Å²) in [4.78, 5) is 12.3. The predicted molar refractivity (Wildman–Crippen MR) is 88.4 cm³/mol. The Kier molecular flexibility index (Phi) is 4.69. The van der Waals surface area contributed by atoms with E-state index in [2.05, 4.69) is 5.32 Å². The fourth-order valence-electron chi connectivity index (χ4n) is 2.59. The summed E-state index contributed by atoms with van der Waals surface area (Å²) >= 11 is 6.36. The first-order chi connectivity index (χ1) is 10.7. The van der Waals surface area contributed by atoms with Crippen molar-refractivity contribution < 1.29 is 9.53 Å². The van der Waals surface area contributed by atoms with Crippen LogP contribution in [0.3, 0.4) is 0 Å². The van der Waals surface area contributed by atoms with Crippen LogP contribution in [0.15, 0.2) is 24.3 Å². The average molecular weight is 321 g/mol. The van der Waals surface area contributed by atoms with E-state index in [-0.39, 0.29) is 5.91 Å². The van der Waals surface area contributed by atoms with Crippen molar-refractivity contribution in [3.63, 3.8) is 0 Å². The molecular formula is C17H21ClN2O2. The van der Waals surface area contributed by atoms with Crippen molar-refractivity contribution in [1.82, 2.24) is 9.88 Å². The van der Waals surface area contributed by atoms with Gasteiger partial charge in [-0.2, -0.15) is 0 Å². The third-order valence-corrected chi connectivity index (χ3v) is 4.44. The lowest BCUT2D eigenvalue weighted by Gasteiger charge is -2.07. The minimum absolute atomic E-state index is 0.133. The number of hydrogen-bond donors (Lipinski definition) is 1. The topological polar surface area (TPSA) is 43.3 Å². The van der Waals surface area contributed by atoms with Crippen molar-refractivity contribution in [2.75, 3.05) is 19.8 Å². The van der Waals surface area contributed by atoms with Gasteiger partial charge in [0.2, 0.25) is 0 Å². The smallest absolute Gasteiger partial charge is 0.269 e. The monoisotopic (exact) mass is 320 g/mol. The molecule has 1 amide bonds. The van der Waals surface area contributed by atoms with Gasteiger partial charge in [0.1, 0.15) is 5.69 Å². The molecule has 0 atom stereocenters. The van der Waals surface area contributed by atoms with Crippen LogP contribution in [0.4, 0.5) is 0 Å². The Balaban J connectivity index is 1.55. The number of halogens is 1. The highest BCUT2D eigenvalue weighted by molar-refractivity contribution is 6.38. The van der Waals surface area contributed by atoms with Crippen molar-refractivity contribution >= 4 is 28.4 Å². The van der Waals surface area contributed by atoms with Crippen LogP contribution in [0.1, 0.15) is 29.8 Å². The lowest BCUT2D eigenvalue weighted by Crippen LogP contribution is -2.27. The summed E-state index contributed by atoms with van der Waals surface area (Å²) in [5, 5.41) is 4.34. The molecule has 118 valence electrons. The molecule has 1 aromatic carbocycles. The van der Waals surface area contributed by atoms with E-state index in [1.807, 2.05) is 35.9 Å². The van der Waals surface area contributed by atoms with E-state index in [4.69, 9.17) is 16.3 Å². The summed E-state index contributed by atoms with van der Waals surface area (Å²) in [5.74, 6) is 0.648. The highest BCUT2D eigenvalue weighted by atomic mass is 35.5. The van der Waals surface area contributed by atoms with E-state index in [1.54, 1.807) is 0 Å². The van der Waals surface area contributed by atoms with Gasteiger partial charge in [0.25, 0.3) is 5.91 Å². The first-order valence-corrected chi connectivity index (χ1v) is 8.15. The zero-order chi connectivity index (χ0) is 15.5. The van der Waals surface area contributed by atoms with E-state index >= 15 is 0 Å². The van der Waals surface area contributed by atoms with Crippen LogP contribution in [0, 0.1) is 5.92 Å². The molecule has 0 aliphatic heterocycles. The maximum atomic E-state index is 12.3. The van der Waals surface area contributed by atoms with Gasteiger partial charge >= 0.3 is 0 Å². The highest BCUT2D eigenvalue weighted by Gasteiger charge is 2.21. The minimum atomic E-state index is -0.133. The molecule has 5 heteroatoms. The van der Waals surface area contributed by atoms with E-state index in [0.29, 0.717) is 23.9 Å². The van der Waals surface area contributed by atoms with Gasteiger partial charge in [0.15, 0.2) is 0 Å². The van der Waals surface area contributed by atoms with Crippen LogP contribution in [-0.4, -0.2) is 30.2 Å². The van der Waals surface area contributed by atoms with E-state index in [1.165, 1.54) is 12.8 Å². The molecule has 22 heavy (non-hydrogen) atoms. The number of nitrogens with zero attached hydrogens (tertiary/aromatic N) is 1. The standard InChI is InChI=1S/C17H21ClN2O2/c1-20-14-6-3-2-5-13(14)15(18)16(20)17(21)19-9-4-10-22-11-12-7-8-12/h2-3,5-6,12H,4,7-11H2,1H3,(H,19,21). The molecule has 1 saturated carbocycles. The zero-order valence-electron chi connectivity index (χ0n) is 12.8. The normalized spacial score (nSPS) is 14.5. The lowest BCUT2D eigenvalue weighted by atomic mass is 10.2.